The zero-order valence-corrected chi connectivity index (χ0v) is 16.8. The molecule has 0 bridgehead atoms. The van der Waals surface area contributed by atoms with Gasteiger partial charge in [0.25, 0.3) is 0 Å². The molecule has 0 spiro atoms. The lowest BCUT2D eigenvalue weighted by Crippen LogP contribution is -2.28. The first kappa shape index (κ1) is 18.3. The molecule has 5 rings (SSSR count). The van der Waals surface area contributed by atoms with E-state index in [9.17, 15) is 9.59 Å². The summed E-state index contributed by atoms with van der Waals surface area (Å²) in [5, 5.41) is 9.52. The molecule has 0 saturated carbocycles. The number of carbonyl (C=O) groups excluding carboxylic acids is 2. The molecule has 0 radical (unpaired) electrons. The van der Waals surface area contributed by atoms with E-state index in [4.69, 9.17) is 0 Å². The molecule has 1 aliphatic heterocycles. The fraction of sp³-hybridized carbons (Fsp3) is 0.160. The quantitative estimate of drug-likeness (QED) is 0.499. The number of fused-ring (bicyclic) bond motifs is 2. The van der Waals surface area contributed by atoms with Crippen molar-refractivity contribution in [3.8, 4) is 5.69 Å². The van der Waals surface area contributed by atoms with Crippen LogP contribution in [0, 0.1) is 13.8 Å². The van der Waals surface area contributed by atoms with Crippen LogP contribution in [0.25, 0.3) is 16.5 Å². The first-order valence-corrected chi connectivity index (χ1v) is 10.0. The van der Waals surface area contributed by atoms with Gasteiger partial charge in [-0.05, 0) is 36.8 Å². The summed E-state index contributed by atoms with van der Waals surface area (Å²) in [6, 6.07) is 21.5. The molecular weight excluding hydrogens is 374 g/mol. The van der Waals surface area contributed by atoms with Crippen LogP contribution in [-0.2, 0) is 4.79 Å². The monoisotopic (exact) mass is 395 g/mol. The van der Waals surface area contributed by atoms with Gasteiger partial charge in [0.05, 0.1) is 17.3 Å². The van der Waals surface area contributed by atoms with E-state index in [0.717, 1.165) is 33.3 Å². The van der Waals surface area contributed by atoms with Gasteiger partial charge in [-0.2, -0.15) is 5.10 Å². The Morgan fingerprint density at radius 2 is 1.73 bits per heavy atom. The zero-order chi connectivity index (χ0) is 20.8. The average Bonchev–Trinajstić information content (AvgIpc) is 3.09. The number of carbonyl (C=O) groups is 2. The Hall–Kier alpha value is -3.73. The van der Waals surface area contributed by atoms with Crippen molar-refractivity contribution in [2.45, 2.75) is 26.2 Å². The highest BCUT2D eigenvalue weighted by Crippen LogP contribution is 2.39. The van der Waals surface area contributed by atoms with E-state index in [2.05, 4.69) is 10.4 Å². The lowest BCUT2D eigenvalue weighted by Gasteiger charge is -2.23. The Morgan fingerprint density at radius 3 is 2.53 bits per heavy atom. The summed E-state index contributed by atoms with van der Waals surface area (Å²) in [6.07, 6.45) is 0.121. The van der Waals surface area contributed by atoms with E-state index in [1.54, 1.807) is 4.68 Å². The van der Waals surface area contributed by atoms with Gasteiger partial charge in [0.2, 0.25) is 5.91 Å². The Morgan fingerprint density at radius 1 is 1.00 bits per heavy atom. The third-order valence-electron chi connectivity index (χ3n) is 5.75. The van der Waals surface area contributed by atoms with Gasteiger partial charge in [0.15, 0.2) is 5.78 Å². The number of nitrogens with zero attached hydrogens (tertiary/aromatic N) is 2. The molecular formula is C25H21N3O2. The van der Waals surface area contributed by atoms with Gasteiger partial charge in [-0.25, -0.2) is 4.68 Å². The van der Waals surface area contributed by atoms with Crippen molar-refractivity contribution in [1.82, 2.24) is 9.78 Å². The molecule has 0 aliphatic carbocycles. The Labute approximate surface area is 174 Å². The van der Waals surface area contributed by atoms with E-state index in [0.29, 0.717) is 11.4 Å². The summed E-state index contributed by atoms with van der Waals surface area (Å²) in [7, 11) is 0. The zero-order valence-electron chi connectivity index (χ0n) is 16.8. The van der Waals surface area contributed by atoms with Crippen LogP contribution in [0.5, 0.6) is 0 Å². The first-order valence-electron chi connectivity index (χ1n) is 10.0. The first-order chi connectivity index (χ1) is 14.5. The Bertz CT molecular complexity index is 1300. The third kappa shape index (κ3) is 2.90. The summed E-state index contributed by atoms with van der Waals surface area (Å²) >= 11 is 0. The number of amides is 1. The van der Waals surface area contributed by atoms with E-state index in [1.807, 2.05) is 80.6 Å². The number of benzene rings is 3. The van der Waals surface area contributed by atoms with Gasteiger partial charge in [0, 0.05) is 17.5 Å². The van der Waals surface area contributed by atoms with Crippen molar-refractivity contribution < 1.29 is 9.59 Å². The minimum Gasteiger partial charge on any atom is -0.310 e. The van der Waals surface area contributed by atoms with E-state index in [-0.39, 0.29) is 18.1 Å². The third-order valence-corrected chi connectivity index (χ3v) is 5.75. The van der Waals surface area contributed by atoms with Gasteiger partial charge in [-0.3, -0.25) is 9.59 Å². The number of nitrogens with one attached hydrogen (secondary N) is 1. The molecule has 2 heterocycles. The maximum Gasteiger partial charge on any atom is 0.226 e. The Balaban J connectivity index is 1.64. The molecule has 0 unspecified atom stereocenters. The van der Waals surface area contributed by atoms with Gasteiger partial charge < -0.3 is 5.32 Å². The van der Waals surface area contributed by atoms with Crippen molar-refractivity contribution in [2.24, 2.45) is 0 Å². The maximum atomic E-state index is 13.6. The van der Waals surface area contributed by atoms with Gasteiger partial charge in [-0.15, -0.1) is 0 Å². The van der Waals surface area contributed by atoms with Crippen LogP contribution in [0.2, 0.25) is 0 Å². The van der Waals surface area contributed by atoms with Crippen molar-refractivity contribution in [3.63, 3.8) is 0 Å². The number of aromatic nitrogens is 2. The molecule has 1 aromatic heterocycles. The number of anilines is 1. The molecule has 4 aromatic rings. The molecule has 0 saturated heterocycles. The molecule has 1 aliphatic rings. The van der Waals surface area contributed by atoms with Gasteiger partial charge in [0.1, 0.15) is 5.82 Å². The number of hydrogen-bond donors (Lipinski definition) is 1. The van der Waals surface area contributed by atoms with Crippen LogP contribution < -0.4 is 5.32 Å². The van der Waals surface area contributed by atoms with Crippen molar-refractivity contribution in [3.05, 3.63) is 89.1 Å². The lowest BCUT2D eigenvalue weighted by molar-refractivity contribution is -0.116. The van der Waals surface area contributed by atoms with Gasteiger partial charge >= 0.3 is 0 Å². The average molecular weight is 395 g/mol. The highest BCUT2D eigenvalue weighted by atomic mass is 16.2. The summed E-state index contributed by atoms with van der Waals surface area (Å²) in [4.78, 5) is 26.2. The predicted octanol–water partition coefficient (Wildman–Crippen LogP) is 4.95. The predicted molar refractivity (Wildman–Crippen MR) is 117 cm³/mol. The van der Waals surface area contributed by atoms with Crippen molar-refractivity contribution in [1.29, 1.82) is 0 Å². The molecule has 5 heteroatoms. The minimum absolute atomic E-state index is 0.0468. The molecule has 148 valence electrons. The maximum absolute atomic E-state index is 13.6. The van der Waals surface area contributed by atoms with Crippen molar-refractivity contribution >= 4 is 28.3 Å². The number of aryl methyl sites for hydroxylation is 2. The lowest BCUT2D eigenvalue weighted by atomic mass is 9.84. The van der Waals surface area contributed by atoms with Crippen LogP contribution in [0.3, 0.4) is 0 Å². The summed E-state index contributed by atoms with van der Waals surface area (Å²) in [5.41, 5.74) is 4.19. The van der Waals surface area contributed by atoms with Crippen LogP contribution in [0.4, 0.5) is 5.82 Å². The number of Topliss-reactive ketones (excluding diaryl/α,β-unsaturated/α-hetero) is 1. The Kier molecular flexibility index (Phi) is 4.24. The molecule has 5 nitrogen and oxygen atoms in total. The smallest absolute Gasteiger partial charge is 0.226 e. The molecule has 1 atom stereocenters. The molecule has 30 heavy (non-hydrogen) atoms. The van der Waals surface area contributed by atoms with Crippen LogP contribution in [0.15, 0.2) is 66.7 Å². The van der Waals surface area contributed by atoms with Crippen LogP contribution in [-0.4, -0.2) is 21.5 Å². The second kappa shape index (κ2) is 6.95. The second-order valence-electron chi connectivity index (χ2n) is 7.79. The van der Waals surface area contributed by atoms with Crippen LogP contribution >= 0.6 is 0 Å². The number of hydrogen-bond acceptors (Lipinski definition) is 3. The van der Waals surface area contributed by atoms with Gasteiger partial charge in [-0.1, -0.05) is 60.2 Å². The summed E-state index contributed by atoms with van der Waals surface area (Å²) in [5.74, 6) is -0.186. The van der Waals surface area contributed by atoms with E-state index in [1.165, 1.54) is 0 Å². The van der Waals surface area contributed by atoms with Crippen LogP contribution in [0.1, 0.15) is 39.5 Å². The molecule has 1 amide bonds. The highest BCUT2D eigenvalue weighted by Gasteiger charge is 2.36. The van der Waals surface area contributed by atoms with E-state index >= 15 is 0 Å². The standard InChI is InChI=1S/C25H21N3O2/c1-15-10-12-18(13-11-15)28-25-23(16(2)27-28)21(14-22(29)26-25)24(30)20-9-5-7-17-6-3-4-8-19(17)20/h3-13,21H,14H2,1-2H3,(H,26,29)/t21-/m1/s1. The minimum atomic E-state index is -0.557. The molecule has 0 fully saturated rings. The summed E-state index contributed by atoms with van der Waals surface area (Å²) in [6.45, 7) is 3.92. The van der Waals surface area contributed by atoms with E-state index < -0.39 is 5.92 Å². The topological polar surface area (TPSA) is 64.0 Å². The normalized spacial score (nSPS) is 15.7. The largest absolute Gasteiger partial charge is 0.310 e. The SMILES string of the molecule is Cc1ccc(-n2nc(C)c3c2NC(=O)C[C@H]3C(=O)c2cccc3ccccc23)cc1. The number of ketones is 1. The molecule has 3 aromatic carbocycles. The fourth-order valence-corrected chi connectivity index (χ4v) is 4.27. The van der Waals surface area contributed by atoms with Crippen molar-refractivity contribution in [2.75, 3.05) is 5.32 Å². The second-order valence-corrected chi connectivity index (χ2v) is 7.79. The summed E-state index contributed by atoms with van der Waals surface area (Å²) < 4.78 is 1.73. The highest BCUT2D eigenvalue weighted by molar-refractivity contribution is 6.14. The fourth-order valence-electron chi connectivity index (χ4n) is 4.27. The molecule has 1 N–H and O–H groups in total. The number of rotatable bonds is 3.